The summed E-state index contributed by atoms with van der Waals surface area (Å²) in [5.41, 5.74) is 2.21. The maximum absolute atomic E-state index is 10.4. The molecule has 5 heteroatoms. The number of hydrogen-bond acceptors (Lipinski definition) is 3. The standard InChI is InChI=1S/C13H16N2O3/c1-18-10-2-3-12-11(6-10)9(7-15-12)4-5-14-8-13(16)17/h2-3,6-7,14-15H,4-5,8H2,1H3,(H,16,17). The molecule has 1 aromatic heterocycles. The molecular formula is C13H16N2O3. The second kappa shape index (κ2) is 5.55. The summed E-state index contributed by atoms with van der Waals surface area (Å²) in [4.78, 5) is 13.6. The van der Waals surface area contributed by atoms with Crippen LogP contribution in [0, 0.1) is 0 Å². The lowest BCUT2D eigenvalue weighted by molar-refractivity contribution is -0.135. The Labute approximate surface area is 105 Å². The molecule has 96 valence electrons. The fraction of sp³-hybridized carbons (Fsp3) is 0.308. The number of aromatic nitrogens is 1. The van der Waals surface area contributed by atoms with E-state index in [9.17, 15) is 4.79 Å². The van der Waals surface area contributed by atoms with Crippen LogP contribution in [0.1, 0.15) is 5.56 Å². The maximum atomic E-state index is 10.4. The van der Waals surface area contributed by atoms with Crippen molar-refractivity contribution in [2.75, 3.05) is 20.2 Å². The third-order valence-corrected chi connectivity index (χ3v) is 2.82. The Hall–Kier alpha value is -2.01. The van der Waals surface area contributed by atoms with Crippen molar-refractivity contribution in [1.82, 2.24) is 10.3 Å². The lowest BCUT2D eigenvalue weighted by Crippen LogP contribution is -2.24. The van der Waals surface area contributed by atoms with Crippen LogP contribution in [0.2, 0.25) is 0 Å². The summed E-state index contributed by atoms with van der Waals surface area (Å²) in [6.07, 6.45) is 2.73. The summed E-state index contributed by atoms with van der Waals surface area (Å²) in [7, 11) is 1.64. The molecule has 0 radical (unpaired) electrons. The fourth-order valence-corrected chi connectivity index (χ4v) is 1.91. The van der Waals surface area contributed by atoms with E-state index in [2.05, 4.69) is 10.3 Å². The summed E-state index contributed by atoms with van der Waals surface area (Å²) in [6, 6.07) is 5.87. The van der Waals surface area contributed by atoms with Crippen molar-refractivity contribution < 1.29 is 14.6 Å². The molecule has 2 rings (SSSR count). The number of carboxylic acids is 1. The van der Waals surface area contributed by atoms with Crippen LogP contribution in [0.4, 0.5) is 0 Å². The highest BCUT2D eigenvalue weighted by atomic mass is 16.5. The van der Waals surface area contributed by atoms with Gasteiger partial charge >= 0.3 is 5.97 Å². The van der Waals surface area contributed by atoms with E-state index in [0.29, 0.717) is 6.54 Å². The summed E-state index contributed by atoms with van der Waals surface area (Å²) < 4.78 is 5.20. The molecule has 1 heterocycles. The molecular weight excluding hydrogens is 232 g/mol. The topological polar surface area (TPSA) is 74.3 Å². The van der Waals surface area contributed by atoms with Crippen LogP contribution in [0.5, 0.6) is 5.75 Å². The number of aromatic amines is 1. The number of H-pyrrole nitrogens is 1. The zero-order chi connectivity index (χ0) is 13.0. The third kappa shape index (κ3) is 2.81. The molecule has 3 N–H and O–H groups in total. The van der Waals surface area contributed by atoms with Crippen molar-refractivity contribution in [3.8, 4) is 5.75 Å². The van der Waals surface area contributed by atoms with Crippen LogP contribution >= 0.6 is 0 Å². The smallest absolute Gasteiger partial charge is 0.317 e. The molecule has 0 unspecified atom stereocenters. The molecule has 0 aliphatic rings. The van der Waals surface area contributed by atoms with Gasteiger partial charge in [-0.25, -0.2) is 0 Å². The van der Waals surface area contributed by atoms with E-state index in [1.54, 1.807) is 7.11 Å². The average molecular weight is 248 g/mol. The zero-order valence-electron chi connectivity index (χ0n) is 10.2. The molecule has 0 spiro atoms. The fourth-order valence-electron chi connectivity index (χ4n) is 1.91. The molecule has 0 aliphatic carbocycles. The van der Waals surface area contributed by atoms with Gasteiger partial charge in [0.2, 0.25) is 0 Å². The number of carboxylic acid groups (broad SMARTS) is 1. The van der Waals surface area contributed by atoms with Gasteiger partial charge < -0.3 is 20.1 Å². The molecule has 0 fully saturated rings. The van der Waals surface area contributed by atoms with Crippen LogP contribution in [0.3, 0.4) is 0 Å². The molecule has 0 saturated heterocycles. The van der Waals surface area contributed by atoms with Gasteiger partial charge in [0.1, 0.15) is 5.75 Å². The number of hydrogen-bond donors (Lipinski definition) is 3. The summed E-state index contributed by atoms with van der Waals surface area (Å²) >= 11 is 0. The Balaban J connectivity index is 2.06. The molecule has 0 aliphatic heterocycles. The van der Waals surface area contributed by atoms with Gasteiger partial charge in [-0.2, -0.15) is 0 Å². The van der Waals surface area contributed by atoms with Crippen molar-refractivity contribution in [2.45, 2.75) is 6.42 Å². The van der Waals surface area contributed by atoms with Crippen LogP contribution in [0.25, 0.3) is 10.9 Å². The highest BCUT2D eigenvalue weighted by Crippen LogP contribution is 2.23. The molecule has 0 saturated carbocycles. The number of carbonyl (C=O) groups is 1. The van der Waals surface area contributed by atoms with E-state index >= 15 is 0 Å². The minimum atomic E-state index is -0.837. The van der Waals surface area contributed by atoms with E-state index in [0.717, 1.165) is 28.6 Å². The SMILES string of the molecule is COc1ccc2[nH]cc(CCNCC(=O)O)c2c1. The lowest BCUT2D eigenvalue weighted by Gasteiger charge is -2.03. The van der Waals surface area contributed by atoms with Gasteiger partial charge in [0.05, 0.1) is 13.7 Å². The van der Waals surface area contributed by atoms with Crippen LogP contribution < -0.4 is 10.1 Å². The second-order valence-corrected chi connectivity index (χ2v) is 4.05. The summed E-state index contributed by atoms with van der Waals surface area (Å²) in [6.45, 7) is 0.627. The van der Waals surface area contributed by atoms with Gasteiger partial charge in [-0.15, -0.1) is 0 Å². The van der Waals surface area contributed by atoms with E-state index in [1.807, 2.05) is 24.4 Å². The van der Waals surface area contributed by atoms with Gasteiger partial charge in [0.25, 0.3) is 0 Å². The molecule has 18 heavy (non-hydrogen) atoms. The monoisotopic (exact) mass is 248 g/mol. The minimum absolute atomic E-state index is 0.00826. The van der Waals surface area contributed by atoms with Gasteiger partial charge in [-0.1, -0.05) is 0 Å². The van der Waals surface area contributed by atoms with Crippen molar-refractivity contribution in [3.05, 3.63) is 30.0 Å². The lowest BCUT2D eigenvalue weighted by atomic mass is 10.1. The van der Waals surface area contributed by atoms with Gasteiger partial charge in [-0.05, 0) is 36.7 Å². The first kappa shape index (κ1) is 12.4. The number of fused-ring (bicyclic) bond motifs is 1. The summed E-state index contributed by atoms with van der Waals surface area (Å²) in [5, 5.41) is 12.5. The van der Waals surface area contributed by atoms with Crippen molar-refractivity contribution in [3.63, 3.8) is 0 Å². The number of rotatable bonds is 6. The molecule has 0 bridgehead atoms. The van der Waals surface area contributed by atoms with Gasteiger partial charge in [0, 0.05) is 17.1 Å². The average Bonchev–Trinajstić information content (AvgIpc) is 2.76. The first-order chi connectivity index (χ1) is 8.70. The Kier molecular flexibility index (Phi) is 3.84. The molecule has 5 nitrogen and oxygen atoms in total. The van der Waals surface area contributed by atoms with E-state index < -0.39 is 5.97 Å². The van der Waals surface area contributed by atoms with Crippen molar-refractivity contribution >= 4 is 16.9 Å². The molecule has 0 atom stereocenters. The number of benzene rings is 1. The quantitative estimate of drug-likeness (QED) is 0.675. The predicted molar refractivity (Wildman–Crippen MR) is 69.1 cm³/mol. The molecule has 0 amide bonds. The van der Waals surface area contributed by atoms with Crippen molar-refractivity contribution in [1.29, 1.82) is 0 Å². The Morgan fingerprint density at radius 1 is 1.50 bits per heavy atom. The first-order valence-corrected chi connectivity index (χ1v) is 5.77. The molecule has 2 aromatic rings. The summed E-state index contributed by atoms with van der Waals surface area (Å²) in [5.74, 6) is -0.0163. The van der Waals surface area contributed by atoms with Crippen LogP contribution in [-0.4, -0.2) is 36.3 Å². The second-order valence-electron chi connectivity index (χ2n) is 4.05. The number of nitrogens with one attached hydrogen (secondary N) is 2. The Morgan fingerprint density at radius 3 is 3.06 bits per heavy atom. The number of methoxy groups -OCH3 is 1. The van der Waals surface area contributed by atoms with Gasteiger partial charge in [-0.3, -0.25) is 4.79 Å². The number of ether oxygens (including phenoxy) is 1. The van der Waals surface area contributed by atoms with E-state index in [4.69, 9.17) is 9.84 Å². The van der Waals surface area contributed by atoms with E-state index in [1.165, 1.54) is 0 Å². The van der Waals surface area contributed by atoms with Crippen LogP contribution in [-0.2, 0) is 11.2 Å². The zero-order valence-corrected chi connectivity index (χ0v) is 10.2. The highest BCUT2D eigenvalue weighted by Gasteiger charge is 2.05. The van der Waals surface area contributed by atoms with Crippen molar-refractivity contribution in [2.24, 2.45) is 0 Å². The van der Waals surface area contributed by atoms with Gasteiger partial charge in [0.15, 0.2) is 0 Å². The predicted octanol–water partition coefficient (Wildman–Crippen LogP) is 1.39. The highest BCUT2D eigenvalue weighted by molar-refractivity contribution is 5.84. The minimum Gasteiger partial charge on any atom is -0.497 e. The number of aliphatic carboxylic acids is 1. The Bertz CT molecular complexity index is 548. The largest absolute Gasteiger partial charge is 0.497 e. The Morgan fingerprint density at radius 2 is 2.33 bits per heavy atom. The van der Waals surface area contributed by atoms with E-state index in [-0.39, 0.29) is 6.54 Å². The first-order valence-electron chi connectivity index (χ1n) is 5.77. The third-order valence-electron chi connectivity index (χ3n) is 2.82. The maximum Gasteiger partial charge on any atom is 0.317 e. The molecule has 1 aromatic carbocycles. The normalized spacial score (nSPS) is 10.7. The van der Waals surface area contributed by atoms with Crippen LogP contribution in [0.15, 0.2) is 24.4 Å².